The lowest BCUT2D eigenvalue weighted by Crippen LogP contribution is -2.07. The molecule has 0 fully saturated rings. The van der Waals surface area contributed by atoms with E-state index in [2.05, 4.69) is 24.9 Å². The number of aromatic nitrogens is 1. The van der Waals surface area contributed by atoms with E-state index >= 15 is 0 Å². The van der Waals surface area contributed by atoms with Crippen LogP contribution in [0.2, 0.25) is 0 Å². The van der Waals surface area contributed by atoms with Crippen molar-refractivity contribution in [2.45, 2.75) is 39.2 Å². The van der Waals surface area contributed by atoms with Gasteiger partial charge in [-0.05, 0) is 38.0 Å². The number of hydrogen-bond acceptors (Lipinski definition) is 2. The van der Waals surface area contributed by atoms with Crippen molar-refractivity contribution >= 4 is 0 Å². The number of aliphatic hydroxyl groups excluding tert-OH is 1. The third-order valence-electron chi connectivity index (χ3n) is 2.14. The van der Waals surface area contributed by atoms with Gasteiger partial charge in [0.2, 0.25) is 0 Å². The molecule has 2 heteroatoms. The minimum Gasteiger partial charge on any atom is -0.393 e. The predicted molar refractivity (Wildman–Crippen MR) is 53.7 cm³/mol. The molecule has 2 atom stereocenters. The lowest BCUT2D eigenvalue weighted by molar-refractivity contribution is 0.176. The highest BCUT2D eigenvalue weighted by Crippen LogP contribution is 2.18. The standard InChI is InChI=1S/C11H17NO/c1-8-4-5-12-11(6-8)9(2)7-10(3)13/h4-6,9-10,13H,7H2,1-3H3. The average Bonchev–Trinajstić information content (AvgIpc) is 2.03. The first kappa shape index (κ1) is 10.2. The van der Waals surface area contributed by atoms with Crippen LogP contribution in [0.25, 0.3) is 0 Å². The summed E-state index contributed by atoms with van der Waals surface area (Å²) in [5, 5.41) is 9.23. The van der Waals surface area contributed by atoms with Crippen LogP contribution >= 0.6 is 0 Å². The molecule has 1 rings (SSSR count). The Bertz CT molecular complexity index is 271. The molecule has 1 heterocycles. The topological polar surface area (TPSA) is 33.1 Å². The summed E-state index contributed by atoms with van der Waals surface area (Å²) in [5.41, 5.74) is 2.29. The predicted octanol–water partition coefficient (Wildman–Crippen LogP) is 2.26. The third-order valence-corrected chi connectivity index (χ3v) is 2.14. The second kappa shape index (κ2) is 4.38. The minimum atomic E-state index is -0.252. The van der Waals surface area contributed by atoms with Crippen molar-refractivity contribution in [1.29, 1.82) is 0 Å². The first-order chi connectivity index (χ1) is 6.09. The molecule has 0 aliphatic heterocycles. The summed E-state index contributed by atoms with van der Waals surface area (Å²) in [4.78, 5) is 4.28. The molecule has 2 unspecified atom stereocenters. The molecule has 2 nitrogen and oxygen atoms in total. The van der Waals surface area contributed by atoms with Gasteiger partial charge in [-0.2, -0.15) is 0 Å². The molecule has 0 bridgehead atoms. The maximum atomic E-state index is 9.23. The van der Waals surface area contributed by atoms with Crippen LogP contribution in [0.5, 0.6) is 0 Å². The molecular formula is C11H17NO. The monoisotopic (exact) mass is 179 g/mol. The Morgan fingerprint density at radius 1 is 1.46 bits per heavy atom. The van der Waals surface area contributed by atoms with Gasteiger partial charge in [0.15, 0.2) is 0 Å². The number of rotatable bonds is 3. The Hall–Kier alpha value is -0.890. The Labute approximate surface area is 79.6 Å². The molecule has 13 heavy (non-hydrogen) atoms. The molecule has 1 N–H and O–H groups in total. The van der Waals surface area contributed by atoms with Crippen LogP contribution < -0.4 is 0 Å². The maximum Gasteiger partial charge on any atom is 0.0518 e. The SMILES string of the molecule is Cc1ccnc(C(C)CC(C)O)c1. The van der Waals surface area contributed by atoms with Crippen molar-refractivity contribution in [3.05, 3.63) is 29.6 Å². The Kier molecular flexibility index (Phi) is 3.43. The van der Waals surface area contributed by atoms with Crippen molar-refractivity contribution in [2.24, 2.45) is 0 Å². The quantitative estimate of drug-likeness (QED) is 0.772. The van der Waals surface area contributed by atoms with Gasteiger partial charge in [0.1, 0.15) is 0 Å². The maximum absolute atomic E-state index is 9.23. The fourth-order valence-corrected chi connectivity index (χ4v) is 1.46. The highest BCUT2D eigenvalue weighted by atomic mass is 16.3. The molecule has 0 aliphatic rings. The zero-order valence-electron chi connectivity index (χ0n) is 8.49. The van der Waals surface area contributed by atoms with Crippen molar-refractivity contribution < 1.29 is 5.11 Å². The minimum absolute atomic E-state index is 0.252. The summed E-state index contributed by atoms with van der Waals surface area (Å²) >= 11 is 0. The van der Waals surface area contributed by atoms with Gasteiger partial charge in [0, 0.05) is 17.8 Å². The highest BCUT2D eigenvalue weighted by Gasteiger charge is 2.09. The van der Waals surface area contributed by atoms with Crippen LogP contribution in [-0.4, -0.2) is 16.2 Å². The molecule has 0 amide bonds. The van der Waals surface area contributed by atoms with Gasteiger partial charge >= 0.3 is 0 Å². The van der Waals surface area contributed by atoms with Gasteiger partial charge in [-0.25, -0.2) is 0 Å². The fraction of sp³-hybridized carbons (Fsp3) is 0.545. The van der Waals surface area contributed by atoms with Crippen molar-refractivity contribution in [3.8, 4) is 0 Å². The number of hydrogen-bond donors (Lipinski definition) is 1. The van der Waals surface area contributed by atoms with E-state index in [0.717, 1.165) is 12.1 Å². The van der Waals surface area contributed by atoms with Crippen LogP contribution in [0, 0.1) is 6.92 Å². The van der Waals surface area contributed by atoms with Gasteiger partial charge in [-0.3, -0.25) is 4.98 Å². The van der Waals surface area contributed by atoms with E-state index in [9.17, 15) is 5.11 Å². The third kappa shape index (κ3) is 3.15. The molecule has 0 radical (unpaired) electrons. The molecule has 1 aromatic rings. The van der Waals surface area contributed by atoms with E-state index in [1.54, 1.807) is 0 Å². The number of aryl methyl sites for hydroxylation is 1. The molecular weight excluding hydrogens is 162 g/mol. The summed E-state index contributed by atoms with van der Waals surface area (Å²) in [6.07, 6.45) is 2.34. The molecule has 0 aromatic carbocycles. The summed E-state index contributed by atoms with van der Waals surface area (Å²) in [6.45, 7) is 5.96. The molecule has 0 saturated heterocycles. The summed E-state index contributed by atoms with van der Waals surface area (Å²) < 4.78 is 0. The van der Waals surface area contributed by atoms with E-state index in [0.29, 0.717) is 5.92 Å². The number of pyridine rings is 1. The van der Waals surface area contributed by atoms with Crippen molar-refractivity contribution in [2.75, 3.05) is 0 Å². The van der Waals surface area contributed by atoms with Gasteiger partial charge < -0.3 is 5.11 Å². The van der Waals surface area contributed by atoms with Crippen LogP contribution in [0.15, 0.2) is 18.3 Å². The molecule has 0 saturated carbocycles. The highest BCUT2D eigenvalue weighted by molar-refractivity contribution is 5.17. The Morgan fingerprint density at radius 2 is 2.15 bits per heavy atom. The van der Waals surface area contributed by atoms with Crippen LogP contribution in [-0.2, 0) is 0 Å². The first-order valence-electron chi connectivity index (χ1n) is 4.70. The largest absolute Gasteiger partial charge is 0.393 e. The first-order valence-corrected chi connectivity index (χ1v) is 4.70. The normalized spacial score (nSPS) is 15.4. The Morgan fingerprint density at radius 3 is 2.69 bits per heavy atom. The van der Waals surface area contributed by atoms with Crippen LogP contribution in [0.1, 0.15) is 37.4 Å². The second-order valence-corrected chi connectivity index (χ2v) is 3.74. The molecule has 1 aromatic heterocycles. The van der Waals surface area contributed by atoms with Crippen molar-refractivity contribution in [3.63, 3.8) is 0 Å². The smallest absolute Gasteiger partial charge is 0.0518 e. The van der Waals surface area contributed by atoms with Gasteiger partial charge in [-0.1, -0.05) is 6.92 Å². The molecule has 72 valence electrons. The number of aliphatic hydroxyl groups is 1. The lowest BCUT2D eigenvalue weighted by Gasteiger charge is -2.12. The van der Waals surface area contributed by atoms with Gasteiger partial charge in [-0.15, -0.1) is 0 Å². The van der Waals surface area contributed by atoms with Crippen LogP contribution in [0.4, 0.5) is 0 Å². The lowest BCUT2D eigenvalue weighted by atomic mass is 9.99. The van der Waals surface area contributed by atoms with E-state index in [1.807, 2.05) is 19.2 Å². The zero-order valence-corrected chi connectivity index (χ0v) is 8.49. The molecule has 0 spiro atoms. The number of nitrogens with zero attached hydrogens (tertiary/aromatic N) is 1. The summed E-state index contributed by atoms with van der Waals surface area (Å²) in [6, 6.07) is 4.06. The second-order valence-electron chi connectivity index (χ2n) is 3.74. The zero-order chi connectivity index (χ0) is 9.84. The van der Waals surface area contributed by atoms with E-state index in [-0.39, 0.29) is 6.10 Å². The fourth-order valence-electron chi connectivity index (χ4n) is 1.46. The van der Waals surface area contributed by atoms with Crippen molar-refractivity contribution in [1.82, 2.24) is 4.98 Å². The van der Waals surface area contributed by atoms with E-state index in [4.69, 9.17) is 0 Å². The summed E-state index contributed by atoms with van der Waals surface area (Å²) in [7, 11) is 0. The van der Waals surface area contributed by atoms with Crippen LogP contribution in [0.3, 0.4) is 0 Å². The molecule has 0 aliphatic carbocycles. The van der Waals surface area contributed by atoms with Gasteiger partial charge in [0.25, 0.3) is 0 Å². The van der Waals surface area contributed by atoms with E-state index in [1.165, 1.54) is 5.56 Å². The Balaban J connectivity index is 2.71. The average molecular weight is 179 g/mol. The van der Waals surface area contributed by atoms with E-state index < -0.39 is 0 Å². The van der Waals surface area contributed by atoms with Gasteiger partial charge in [0.05, 0.1) is 6.10 Å². The summed E-state index contributed by atoms with van der Waals surface area (Å²) in [5.74, 6) is 0.333.